The molecule has 0 saturated carbocycles. The Morgan fingerprint density at radius 3 is 2.58 bits per heavy atom. The lowest BCUT2D eigenvalue weighted by Crippen LogP contribution is -2.38. The maximum absolute atomic E-state index is 12.8. The lowest BCUT2D eigenvalue weighted by molar-refractivity contribution is -0.137. The number of nitrogens with zero attached hydrogens (tertiary/aromatic N) is 1. The highest BCUT2D eigenvalue weighted by molar-refractivity contribution is 9.11. The Kier molecular flexibility index (Phi) is 6.41. The Balaban J connectivity index is 1.74. The highest BCUT2D eigenvalue weighted by atomic mass is 79.9. The molecular formula is C19H12Br2F3N3O4. The average Bonchev–Trinajstić information content (AvgIpc) is 2.92. The largest absolute Gasteiger partial charge is 0.506 e. The number of rotatable bonds is 4. The number of imide groups is 1. The molecule has 2 aromatic carbocycles. The third-order valence-corrected chi connectivity index (χ3v) is 5.16. The van der Waals surface area contributed by atoms with Gasteiger partial charge in [0.05, 0.1) is 10.0 Å². The van der Waals surface area contributed by atoms with Crippen LogP contribution in [0, 0.1) is 0 Å². The van der Waals surface area contributed by atoms with Crippen LogP contribution in [0.3, 0.4) is 0 Å². The molecule has 4 amide bonds. The van der Waals surface area contributed by atoms with Crippen molar-refractivity contribution in [2.45, 2.75) is 6.18 Å². The summed E-state index contributed by atoms with van der Waals surface area (Å²) >= 11 is 6.39. The zero-order chi connectivity index (χ0) is 22.9. The normalized spacial score (nSPS) is 15.4. The molecule has 1 saturated heterocycles. The Morgan fingerprint density at radius 1 is 1.19 bits per heavy atom. The lowest BCUT2D eigenvalue weighted by atomic mass is 10.1. The van der Waals surface area contributed by atoms with Crippen LogP contribution in [0.2, 0.25) is 0 Å². The van der Waals surface area contributed by atoms with Crippen LogP contribution in [0.4, 0.5) is 23.7 Å². The summed E-state index contributed by atoms with van der Waals surface area (Å²) in [5.41, 5.74) is -1.05. The molecule has 1 aliphatic heterocycles. The fourth-order valence-corrected chi connectivity index (χ4v) is 3.94. The van der Waals surface area contributed by atoms with E-state index in [1.54, 1.807) is 6.07 Å². The van der Waals surface area contributed by atoms with Crippen molar-refractivity contribution in [3.63, 3.8) is 0 Å². The molecule has 0 radical (unpaired) electrons. The summed E-state index contributed by atoms with van der Waals surface area (Å²) in [5, 5.41) is 14.6. The van der Waals surface area contributed by atoms with Crippen molar-refractivity contribution in [1.29, 1.82) is 0 Å². The second-order valence-corrected chi connectivity index (χ2v) is 8.10. The van der Waals surface area contributed by atoms with Gasteiger partial charge >= 0.3 is 12.2 Å². The van der Waals surface area contributed by atoms with E-state index in [4.69, 9.17) is 0 Å². The summed E-state index contributed by atoms with van der Waals surface area (Å²) in [5.74, 6) is -1.87. The van der Waals surface area contributed by atoms with Crippen molar-refractivity contribution in [3.05, 3.63) is 62.2 Å². The van der Waals surface area contributed by atoms with E-state index >= 15 is 0 Å². The van der Waals surface area contributed by atoms with Gasteiger partial charge in [-0.1, -0.05) is 22.0 Å². The van der Waals surface area contributed by atoms with Gasteiger partial charge in [0.25, 0.3) is 5.91 Å². The van der Waals surface area contributed by atoms with Crippen molar-refractivity contribution in [2.24, 2.45) is 0 Å². The predicted molar refractivity (Wildman–Crippen MR) is 112 cm³/mol. The second kappa shape index (κ2) is 8.71. The number of hydrogen-bond acceptors (Lipinski definition) is 4. The van der Waals surface area contributed by atoms with Crippen molar-refractivity contribution >= 4 is 61.5 Å². The number of anilines is 1. The first-order valence-electron chi connectivity index (χ1n) is 8.45. The molecule has 162 valence electrons. The van der Waals surface area contributed by atoms with E-state index in [1.165, 1.54) is 18.2 Å². The smallest absolute Gasteiger partial charge is 0.416 e. The van der Waals surface area contributed by atoms with Gasteiger partial charge in [0.2, 0.25) is 5.91 Å². The Bertz CT molecular complexity index is 1120. The Labute approximate surface area is 190 Å². The SMILES string of the molecule is O=C(CN1C(=O)N/C(=C\c2cc(Br)cc(Br)c2O)C1=O)Nc1cccc(C(F)(F)F)c1. The first-order valence-corrected chi connectivity index (χ1v) is 10.0. The van der Waals surface area contributed by atoms with E-state index in [2.05, 4.69) is 42.5 Å². The molecule has 0 spiro atoms. The predicted octanol–water partition coefficient (Wildman–Crippen LogP) is 4.47. The third-order valence-electron chi connectivity index (χ3n) is 4.10. The van der Waals surface area contributed by atoms with Crippen molar-refractivity contribution < 1.29 is 32.7 Å². The summed E-state index contributed by atoms with van der Waals surface area (Å²) in [7, 11) is 0. The van der Waals surface area contributed by atoms with E-state index in [0.29, 0.717) is 13.8 Å². The topological polar surface area (TPSA) is 98.7 Å². The number of phenolic OH excluding ortho intramolecular Hbond substituents is 1. The monoisotopic (exact) mass is 561 g/mol. The highest BCUT2D eigenvalue weighted by Crippen LogP contribution is 2.33. The summed E-state index contributed by atoms with van der Waals surface area (Å²) < 4.78 is 39.3. The molecular weight excluding hydrogens is 551 g/mol. The standard InChI is InChI=1S/C19H12Br2F3N3O4/c20-11-4-9(16(29)13(21)7-11)5-14-17(30)27(18(31)26-14)8-15(28)25-12-3-1-2-10(6-12)19(22,23)24/h1-7,29H,8H2,(H,25,28)(H,26,31)/b14-5-. The first-order chi connectivity index (χ1) is 14.5. The molecule has 0 atom stereocenters. The fourth-order valence-electron chi connectivity index (χ4n) is 2.68. The minimum Gasteiger partial charge on any atom is -0.506 e. The van der Waals surface area contributed by atoms with E-state index in [-0.39, 0.29) is 22.7 Å². The number of hydrogen-bond donors (Lipinski definition) is 3. The van der Waals surface area contributed by atoms with Gasteiger partial charge in [-0.25, -0.2) is 9.69 Å². The molecule has 1 aliphatic rings. The van der Waals surface area contributed by atoms with Crippen molar-refractivity contribution in [3.8, 4) is 5.75 Å². The Morgan fingerprint density at radius 2 is 1.90 bits per heavy atom. The van der Waals surface area contributed by atoms with Gasteiger partial charge in [0, 0.05) is 15.7 Å². The summed E-state index contributed by atoms with van der Waals surface area (Å²) in [4.78, 5) is 37.4. The molecule has 31 heavy (non-hydrogen) atoms. The fraction of sp³-hybridized carbons (Fsp3) is 0.105. The molecule has 0 aliphatic carbocycles. The quantitative estimate of drug-likeness (QED) is 0.378. The summed E-state index contributed by atoms with van der Waals surface area (Å²) in [6.07, 6.45) is -3.35. The Hall–Kier alpha value is -2.86. The van der Waals surface area contributed by atoms with Gasteiger partial charge < -0.3 is 15.7 Å². The molecule has 1 heterocycles. The number of carbonyl (C=O) groups is 3. The van der Waals surface area contributed by atoms with Crippen LogP contribution in [0.15, 0.2) is 51.0 Å². The van der Waals surface area contributed by atoms with E-state index in [9.17, 15) is 32.7 Å². The number of benzene rings is 2. The van der Waals surface area contributed by atoms with Crippen LogP contribution in [0.1, 0.15) is 11.1 Å². The maximum atomic E-state index is 12.8. The van der Waals surface area contributed by atoms with Gasteiger partial charge in [0.1, 0.15) is 18.0 Å². The average molecular weight is 563 g/mol. The molecule has 3 rings (SSSR count). The molecule has 2 aromatic rings. The molecule has 7 nitrogen and oxygen atoms in total. The van der Waals surface area contributed by atoms with E-state index in [1.807, 2.05) is 0 Å². The zero-order valence-electron chi connectivity index (χ0n) is 15.3. The minimum atomic E-state index is -4.59. The third kappa shape index (κ3) is 5.25. The molecule has 12 heteroatoms. The van der Waals surface area contributed by atoms with Crippen LogP contribution in [0.5, 0.6) is 5.75 Å². The number of nitrogens with one attached hydrogen (secondary N) is 2. The number of carbonyl (C=O) groups excluding carboxylic acids is 3. The van der Waals surface area contributed by atoms with Crippen LogP contribution >= 0.6 is 31.9 Å². The van der Waals surface area contributed by atoms with Gasteiger partial charge in [-0.15, -0.1) is 0 Å². The molecule has 0 bridgehead atoms. The molecule has 0 unspecified atom stereocenters. The number of halogens is 5. The highest BCUT2D eigenvalue weighted by Gasteiger charge is 2.35. The second-order valence-electron chi connectivity index (χ2n) is 6.33. The van der Waals surface area contributed by atoms with Crippen LogP contribution in [0.25, 0.3) is 6.08 Å². The maximum Gasteiger partial charge on any atom is 0.416 e. The van der Waals surface area contributed by atoms with Gasteiger partial charge in [-0.2, -0.15) is 13.2 Å². The molecule has 0 aromatic heterocycles. The van der Waals surface area contributed by atoms with Crippen LogP contribution in [-0.4, -0.2) is 34.4 Å². The number of phenols is 1. The van der Waals surface area contributed by atoms with Gasteiger partial charge in [0.15, 0.2) is 0 Å². The number of aromatic hydroxyl groups is 1. The first kappa shape index (κ1) is 22.8. The zero-order valence-corrected chi connectivity index (χ0v) is 18.4. The molecule has 3 N–H and O–H groups in total. The number of amides is 4. The van der Waals surface area contributed by atoms with Crippen LogP contribution < -0.4 is 10.6 Å². The number of urea groups is 1. The van der Waals surface area contributed by atoms with Gasteiger partial charge in [-0.3, -0.25) is 9.59 Å². The molecule has 1 fully saturated rings. The summed E-state index contributed by atoms with van der Waals surface area (Å²) in [6, 6.07) is 6.16. The van der Waals surface area contributed by atoms with E-state index in [0.717, 1.165) is 18.2 Å². The van der Waals surface area contributed by atoms with Crippen molar-refractivity contribution in [2.75, 3.05) is 11.9 Å². The summed E-state index contributed by atoms with van der Waals surface area (Å²) in [6.45, 7) is -0.716. The van der Waals surface area contributed by atoms with E-state index < -0.39 is 36.1 Å². The van der Waals surface area contributed by atoms with Crippen molar-refractivity contribution in [1.82, 2.24) is 10.2 Å². The lowest BCUT2D eigenvalue weighted by Gasteiger charge is -2.13. The number of alkyl halides is 3. The minimum absolute atomic E-state index is 0.133. The van der Waals surface area contributed by atoms with Crippen LogP contribution in [-0.2, 0) is 15.8 Å². The van der Waals surface area contributed by atoms with Gasteiger partial charge in [-0.05, 0) is 52.3 Å².